The van der Waals surface area contributed by atoms with Gasteiger partial charge in [0, 0.05) is 24.6 Å². The maximum absolute atomic E-state index is 13.2. The Labute approximate surface area is 191 Å². The monoisotopic (exact) mass is 474 g/mol. The number of urea groups is 1. The lowest BCUT2D eigenvalue weighted by atomic mass is 10.0. The van der Waals surface area contributed by atoms with E-state index in [1.54, 1.807) is 48.7 Å². The zero-order chi connectivity index (χ0) is 23.0. The molecule has 0 radical (unpaired) electrons. The number of aromatic amines is 1. The van der Waals surface area contributed by atoms with Crippen molar-refractivity contribution in [3.05, 3.63) is 81.0 Å². The predicted octanol–water partition coefficient (Wildman–Crippen LogP) is 3.14. The maximum Gasteiger partial charge on any atom is 0.331 e. The molecule has 2 N–H and O–H groups in total. The second kappa shape index (κ2) is 8.52. The van der Waals surface area contributed by atoms with E-state index in [-0.39, 0.29) is 28.8 Å². The van der Waals surface area contributed by atoms with E-state index in [1.165, 1.54) is 15.7 Å². The van der Waals surface area contributed by atoms with Crippen LogP contribution in [0.4, 0.5) is 10.5 Å². The Morgan fingerprint density at radius 3 is 2.38 bits per heavy atom. The van der Waals surface area contributed by atoms with Crippen molar-refractivity contribution < 1.29 is 19.5 Å². The van der Waals surface area contributed by atoms with Crippen LogP contribution in [0.5, 0.6) is 0 Å². The average Bonchev–Trinajstić information content (AvgIpc) is 3.20. The molecule has 1 fully saturated rings. The van der Waals surface area contributed by atoms with Crippen molar-refractivity contribution in [3.63, 3.8) is 0 Å². The van der Waals surface area contributed by atoms with E-state index in [4.69, 9.17) is 23.2 Å². The summed E-state index contributed by atoms with van der Waals surface area (Å²) in [4.78, 5) is 54.1. The average molecular weight is 475 g/mol. The minimum atomic E-state index is -1.45. The molecule has 0 aliphatic carbocycles. The van der Waals surface area contributed by atoms with Gasteiger partial charge in [-0.2, -0.15) is 0 Å². The second-order valence-corrected chi connectivity index (χ2v) is 7.86. The van der Waals surface area contributed by atoms with Gasteiger partial charge in [-0.05, 0) is 35.9 Å². The van der Waals surface area contributed by atoms with Gasteiger partial charge < -0.3 is 10.1 Å². The molecule has 2 aromatic carbocycles. The number of imide groups is 1. The summed E-state index contributed by atoms with van der Waals surface area (Å²) < 4.78 is 1.37. The molecule has 3 amide bonds. The number of carbonyl (C=O) groups excluding carboxylic acids is 2. The number of imidazole rings is 1. The largest absolute Gasteiger partial charge is 0.481 e. The van der Waals surface area contributed by atoms with E-state index < -0.39 is 23.8 Å². The SMILES string of the molecule is O=C(O)C1CN(c2ccc(-n3cc[nH]c3=O)cc2)C(=O)N(Cc2cccc(Cl)c2Cl)C1=O. The molecule has 9 nitrogen and oxygen atoms in total. The van der Waals surface area contributed by atoms with Gasteiger partial charge in [-0.15, -0.1) is 0 Å². The number of aromatic nitrogens is 2. The Bertz CT molecular complexity index is 1270. The molecule has 0 spiro atoms. The number of carboxylic acids is 1. The lowest BCUT2D eigenvalue weighted by Crippen LogP contribution is -2.58. The summed E-state index contributed by atoms with van der Waals surface area (Å²) in [6.07, 6.45) is 3.05. The van der Waals surface area contributed by atoms with Crippen LogP contribution in [0.2, 0.25) is 10.0 Å². The van der Waals surface area contributed by atoms with Crippen LogP contribution < -0.4 is 10.6 Å². The fourth-order valence-corrected chi connectivity index (χ4v) is 3.85. The number of benzene rings is 2. The highest BCUT2D eigenvalue weighted by Gasteiger charge is 2.43. The number of carboxylic acid groups (broad SMARTS) is 1. The first-order valence-electron chi connectivity index (χ1n) is 9.43. The van der Waals surface area contributed by atoms with Gasteiger partial charge in [-0.3, -0.25) is 24.0 Å². The number of nitrogens with one attached hydrogen (secondary N) is 1. The van der Waals surface area contributed by atoms with Crippen LogP contribution in [0, 0.1) is 5.92 Å². The summed E-state index contributed by atoms with van der Waals surface area (Å²) >= 11 is 12.2. The molecular formula is C21H16Cl2N4O5. The fourth-order valence-electron chi connectivity index (χ4n) is 3.47. The van der Waals surface area contributed by atoms with E-state index in [2.05, 4.69) is 4.98 Å². The zero-order valence-electron chi connectivity index (χ0n) is 16.4. The number of halogens is 2. The Morgan fingerprint density at radius 1 is 1.06 bits per heavy atom. The first kappa shape index (κ1) is 21.7. The van der Waals surface area contributed by atoms with Gasteiger partial charge in [0.05, 0.1) is 22.3 Å². The molecule has 164 valence electrons. The number of carbonyl (C=O) groups is 3. The van der Waals surface area contributed by atoms with Crippen LogP contribution in [-0.2, 0) is 16.1 Å². The Kier molecular flexibility index (Phi) is 5.77. The second-order valence-electron chi connectivity index (χ2n) is 7.07. The summed E-state index contributed by atoms with van der Waals surface area (Å²) in [5.74, 6) is -3.62. The lowest BCUT2D eigenvalue weighted by Gasteiger charge is -2.37. The highest BCUT2D eigenvalue weighted by Crippen LogP contribution is 2.30. The standard InChI is InChI=1S/C21H16Cl2N4O5/c22-16-3-1-2-12(17(16)23)10-27-18(28)15(19(29)30)11-26(21(27)32)14-6-4-13(5-7-14)25-9-8-24-20(25)31/h1-9,15H,10-11H2,(H,24,31)(H,29,30). The first-order chi connectivity index (χ1) is 15.3. The summed E-state index contributed by atoms with van der Waals surface area (Å²) in [5, 5.41) is 10.0. The van der Waals surface area contributed by atoms with Crippen molar-refractivity contribution in [2.75, 3.05) is 11.4 Å². The lowest BCUT2D eigenvalue weighted by molar-refractivity contribution is -0.150. The Morgan fingerprint density at radius 2 is 1.75 bits per heavy atom. The van der Waals surface area contributed by atoms with Crippen molar-refractivity contribution in [3.8, 4) is 5.69 Å². The molecule has 4 rings (SSSR count). The van der Waals surface area contributed by atoms with Gasteiger partial charge in [-0.1, -0.05) is 35.3 Å². The molecule has 2 heterocycles. The zero-order valence-corrected chi connectivity index (χ0v) is 17.9. The molecule has 32 heavy (non-hydrogen) atoms. The van der Waals surface area contributed by atoms with Crippen molar-refractivity contribution in [2.24, 2.45) is 5.92 Å². The van der Waals surface area contributed by atoms with Crippen molar-refractivity contribution in [2.45, 2.75) is 6.54 Å². The predicted molar refractivity (Wildman–Crippen MR) is 117 cm³/mol. The maximum atomic E-state index is 13.2. The quantitative estimate of drug-likeness (QED) is 0.551. The van der Waals surface area contributed by atoms with Gasteiger partial charge in [-0.25, -0.2) is 9.59 Å². The van der Waals surface area contributed by atoms with Crippen LogP contribution in [0.15, 0.2) is 59.7 Å². The normalized spacial score (nSPS) is 16.5. The van der Waals surface area contributed by atoms with Gasteiger partial charge in [0.1, 0.15) is 0 Å². The van der Waals surface area contributed by atoms with Gasteiger partial charge in [0.2, 0.25) is 5.91 Å². The molecular weight excluding hydrogens is 459 g/mol. The van der Waals surface area contributed by atoms with E-state index >= 15 is 0 Å². The van der Waals surface area contributed by atoms with Crippen LogP contribution in [0.1, 0.15) is 5.56 Å². The van der Waals surface area contributed by atoms with Crippen molar-refractivity contribution in [1.82, 2.24) is 14.5 Å². The molecule has 1 aromatic heterocycles. The van der Waals surface area contributed by atoms with Crippen LogP contribution >= 0.6 is 23.2 Å². The third-order valence-corrected chi connectivity index (χ3v) is 6.00. The van der Waals surface area contributed by atoms with Crippen molar-refractivity contribution >= 4 is 46.8 Å². The summed E-state index contributed by atoms with van der Waals surface area (Å²) in [5.41, 5.74) is 1.02. The third kappa shape index (κ3) is 3.88. The van der Waals surface area contributed by atoms with Crippen LogP contribution in [0.3, 0.4) is 0 Å². The number of aliphatic carboxylic acids is 1. The number of hydrogen-bond donors (Lipinski definition) is 2. The number of amides is 3. The molecule has 11 heteroatoms. The number of rotatable bonds is 5. The third-order valence-electron chi connectivity index (χ3n) is 5.14. The summed E-state index contributed by atoms with van der Waals surface area (Å²) in [6.45, 7) is -0.551. The molecule has 1 unspecified atom stereocenters. The van der Waals surface area contributed by atoms with Crippen LogP contribution in [0.25, 0.3) is 5.69 Å². The summed E-state index contributed by atoms with van der Waals surface area (Å²) in [6, 6.07) is 10.5. The van der Waals surface area contributed by atoms with Crippen LogP contribution in [-0.4, -0.2) is 44.0 Å². The number of nitrogens with zero attached hydrogens (tertiary/aromatic N) is 3. The van der Waals surface area contributed by atoms with Gasteiger partial charge >= 0.3 is 17.7 Å². The first-order valence-corrected chi connectivity index (χ1v) is 10.2. The number of H-pyrrole nitrogens is 1. The topological polar surface area (TPSA) is 116 Å². The minimum Gasteiger partial charge on any atom is -0.481 e. The minimum absolute atomic E-state index is 0.181. The molecule has 1 aliphatic heterocycles. The van der Waals surface area contributed by atoms with E-state index in [9.17, 15) is 24.3 Å². The summed E-state index contributed by atoms with van der Waals surface area (Å²) in [7, 11) is 0. The smallest absolute Gasteiger partial charge is 0.331 e. The molecule has 1 aliphatic rings. The number of hydrogen-bond acceptors (Lipinski definition) is 4. The molecule has 0 saturated carbocycles. The Balaban J connectivity index is 1.67. The highest BCUT2D eigenvalue weighted by atomic mass is 35.5. The number of anilines is 1. The molecule has 1 atom stereocenters. The van der Waals surface area contributed by atoms with E-state index in [0.29, 0.717) is 16.9 Å². The Hall–Kier alpha value is -3.56. The van der Waals surface area contributed by atoms with Crippen molar-refractivity contribution in [1.29, 1.82) is 0 Å². The van der Waals surface area contributed by atoms with E-state index in [1.807, 2.05) is 0 Å². The van der Waals surface area contributed by atoms with Gasteiger partial charge in [0.25, 0.3) is 0 Å². The fraction of sp³-hybridized carbons (Fsp3) is 0.143. The van der Waals surface area contributed by atoms with E-state index in [0.717, 1.165) is 4.90 Å². The molecule has 1 saturated heterocycles. The van der Waals surface area contributed by atoms with Gasteiger partial charge in [0.15, 0.2) is 5.92 Å². The molecule has 3 aromatic rings. The molecule has 0 bridgehead atoms. The highest BCUT2D eigenvalue weighted by molar-refractivity contribution is 6.42.